The van der Waals surface area contributed by atoms with Crippen LogP contribution in [-0.2, 0) is 0 Å². The van der Waals surface area contributed by atoms with Gasteiger partial charge in [0.15, 0.2) is 0 Å². The molecule has 0 saturated heterocycles. The molecule has 0 aromatic carbocycles. The van der Waals surface area contributed by atoms with E-state index in [1.54, 1.807) is 6.33 Å². The predicted octanol–water partition coefficient (Wildman–Crippen LogP) is 2.97. The van der Waals surface area contributed by atoms with Gasteiger partial charge in [0.1, 0.15) is 18.0 Å². The monoisotopic (exact) mass is 295 g/mol. The maximum absolute atomic E-state index is 5.56. The third-order valence-corrected chi connectivity index (χ3v) is 4.99. The standard InChI is InChI=1S/C14H25N5S/c1-9(2)12-13(16-8-17-14(12)19-15)18-10-5-4-6-11(7-10)20-3/h8-11H,4-7,15H2,1-3H3,(H2,16,17,18,19). The van der Waals surface area contributed by atoms with Gasteiger partial charge in [-0.05, 0) is 31.4 Å². The summed E-state index contributed by atoms with van der Waals surface area (Å²) in [5.74, 6) is 7.53. The van der Waals surface area contributed by atoms with Crippen LogP contribution >= 0.6 is 11.8 Å². The first-order valence-electron chi connectivity index (χ1n) is 7.26. The van der Waals surface area contributed by atoms with Crippen LogP contribution in [0.15, 0.2) is 6.33 Å². The minimum atomic E-state index is 0.324. The van der Waals surface area contributed by atoms with Crippen LogP contribution in [0.4, 0.5) is 11.6 Å². The van der Waals surface area contributed by atoms with E-state index in [1.165, 1.54) is 25.7 Å². The number of nitrogens with zero attached hydrogens (tertiary/aromatic N) is 2. The number of thioether (sulfide) groups is 1. The molecule has 4 N–H and O–H groups in total. The Kier molecular flexibility index (Phi) is 5.48. The van der Waals surface area contributed by atoms with Crippen molar-refractivity contribution in [3.05, 3.63) is 11.9 Å². The summed E-state index contributed by atoms with van der Waals surface area (Å²) in [5, 5.41) is 4.37. The van der Waals surface area contributed by atoms with Gasteiger partial charge in [0.25, 0.3) is 0 Å². The molecule has 0 spiro atoms. The summed E-state index contributed by atoms with van der Waals surface area (Å²) >= 11 is 1.97. The van der Waals surface area contributed by atoms with E-state index in [4.69, 9.17) is 5.84 Å². The molecule has 5 nitrogen and oxygen atoms in total. The zero-order chi connectivity index (χ0) is 14.5. The minimum absolute atomic E-state index is 0.324. The highest BCUT2D eigenvalue weighted by molar-refractivity contribution is 7.99. The molecule has 6 heteroatoms. The summed E-state index contributed by atoms with van der Waals surface area (Å²) in [5.41, 5.74) is 3.75. The van der Waals surface area contributed by atoms with E-state index in [0.717, 1.165) is 22.4 Å². The molecule has 0 aliphatic heterocycles. The Morgan fingerprint density at radius 3 is 2.70 bits per heavy atom. The predicted molar refractivity (Wildman–Crippen MR) is 87.1 cm³/mol. The number of hydrogen-bond donors (Lipinski definition) is 3. The second kappa shape index (κ2) is 7.13. The Bertz CT molecular complexity index is 438. The van der Waals surface area contributed by atoms with E-state index in [2.05, 4.69) is 40.8 Å². The van der Waals surface area contributed by atoms with Crippen molar-refractivity contribution in [2.45, 2.75) is 56.7 Å². The number of rotatable bonds is 5. The highest BCUT2D eigenvalue weighted by atomic mass is 32.2. The van der Waals surface area contributed by atoms with Crippen molar-refractivity contribution in [3.63, 3.8) is 0 Å². The summed E-state index contributed by atoms with van der Waals surface area (Å²) in [7, 11) is 0. The number of anilines is 2. The molecule has 2 atom stereocenters. The SMILES string of the molecule is CSC1CCCC(Nc2ncnc(NN)c2C(C)C)C1. The quantitative estimate of drug-likeness (QED) is 0.573. The summed E-state index contributed by atoms with van der Waals surface area (Å²) in [6.07, 6.45) is 8.80. The second-order valence-corrected chi connectivity index (χ2v) is 6.79. The Morgan fingerprint density at radius 1 is 1.30 bits per heavy atom. The van der Waals surface area contributed by atoms with Gasteiger partial charge in [-0.2, -0.15) is 11.8 Å². The van der Waals surface area contributed by atoms with Crippen LogP contribution in [0, 0.1) is 0 Å². The maximum atomic E-state index is 5.56. The van der Waals surface area contributed by atoms with Crippen LogP contribution in [0.25, 0.3) is 0 Å². The Labute approximate surface area is 125 Å². The van der Waals surface area contributed by atoms with Crippen LogP contribution in [-0.4, -0.2) is 27.5 Å². The molecule has 0 amide bonds. The fourth-order valence-corrected chi connectivity index (χ4v) is 3.68. The topological polar surface area (TPSA) is 75.9 Å². The molecule has 20 heavy (non-hydrogen) atoms. The first-order valence-corrected chi connectivity index (χ1v) is 8.55. The zero-order valence-corrected chi connectivity index (χ0v) is 13.3. The molecule has 2 rings (SSSR count). The second-order valence-electron chi connectivity index (χ2n) is 5.65. The molecule has 1 aromatic rings. The summed E-state index contributed by atoms with van der Waals surface area (Å²) < 4.78 is 0. The lowest BCUT2D eigenvalue weighted by atomic mass is 9.94. The number of aromatic nitrogens is 2. The lowest BCUT2D eigenvalue weighted by Gasteiger charge is -2.30. The van der Waals surface area contributed by atoms with Crippen LogP contribution in [0.3, 0.4) is 0 Å². The van der Waals surface area contributed by atoms with Gasteiger partial charge < -0.3 is 10.7 Å². The summed E-state index contributed by atoms with van der Waals surface area (Å²) in [6, 6.07) is 0.499. The fraction of sp³-hybridized carbons (Fsp3) is 0.714. The molecule has 1 aromatic heterocycles. The molecule has 1 fully saturated rings. The molecular weight excluding hydrogens is 270 g/mol. The maximum Gasteiger partial charge on any atom is 0.148 e. The summed E-state index contributed by atoms with van der Waals surface area (Å²) in [6.45, 7) is 4.27. The molecule has 1 saturated carbocycles. The van der Waals surface area contributed by atoms with Crippen molar-refractivity contribution in [1.29, 1.82) is 0 Å². The van der Waals surface area contributed by atoms with Gasteiger partial charge in [0.2, 0.25) is 0 Å². The van der Waals surface area contributed by atoms with Crippen molar-refractivity contribution >= 4 is 23.4 Å². The van der Waals surface area contributed by atoms with Crippen molar-refractivity contribution in [3.8, 4) is 0 Å². The van der Waals surface area contributed by atoms with Gasteiger partial charge in [0.05, 0.1) is 0 Å². The molecule has 1 aliphatic carbocycles. The van der Waals surface area contributed by atoms with E-state index in [0.29, 0.717) is 12.0 Å². The van der Waals surface area contributed by atoms with Crippen molar-refractivity contribution in [1.82, 2.24) is 9.97 Å². The highest BCUT2D eigenvalue weighted by Crippen LogP contribution is 2.32. The molecule has 2 unspecified atom stereocenters. The Morgan fingerprint density at radius 2 is 2.05 bits per heavy atom. The molecule has 0 radical (unpaired) electrons. The molecule has 0 bridgehead atoms. The van der Waals surface area contributed by atoms with E-state index in [9.17, 15) is 0 Å². The van der Waals surface area contributed by atoms with Crippen molar-refractivity contribution in [2.24, 2.45) is 5.84 Å². The van der Waals surface area contributed by atoms with E-state index in [1.807, 2.05) is 11.8 Å². The van der Waals surface area contributed by atoms with Crippen LogP contribution in [0.2, 0.25) is 0 Å². The number of hydrogen-bond acceptors (Lipinski definition) is 6. The van der Waals surface area contributed by atoms with Crippen LogP contribution in [0.5, 0.6) is 0 Å². The van der Waals surface area contributed by atoms with Crippen molar-refractivity contribution < 1.29 is 0 Å². The number of nitrogens with one attached hydrogen (secondary N) is 2. The molecular formula is C14H25N5S. The fourth-order valence-electron chi connectivity index (χ4n) is 2.86. The smallest absolute Gasteiger partial charge is 0.148 e. The summed E-state index contributed by atoms with van der Waals surface area (Å²) in [4.78, 5) is 8.64. The lowest BCUT2D eigenvalue weighted by molar-refractivity contribution is 0.472. The molecule has 112 valence electrons. The van der Waals surface area contributed by atoms with Gasteiger partial charge in [-0.1, -0.05) is 20.3 Å². The van der Waals surface area contributed by atoms with Crippen LogP contribution in [0.1, 0.15) is 51.0 Å². The zero-order valence-electron chi connectivity index (χ0n) is 12.5. The molecule has 1 heterocycles. The van der Waals surface area contributed by atoms with Crippen molar-refractivity contribution in [2.75, 3.05) is 17.0 Å². The average molecular weight is 295 g/mol. The van der Waals surface area contributed by atoms with Gasteiger partial charge in [-0.3, -0.25) is 0 Å². The van der Waals surface area contributed by atoms with Crippen LogP contribution < -0.4 is 16.6 Å². The van der Waals surface area contributed by atoms with Gasteiger partial charge in [-0.15, -0.1) is 0 Å². The largest absolute Gasteiger partial charge is 0.367 e. The van der Waals surface area contributed by atoms with Gasteiger partial charge in [-0.25, -0.2) is 15.8 Å². The Balaban J connectivity index is 2.16. The van der Waals surface area contributed by atoms with Gasteiger partial charge in [0, 0.05) is 16.9 Å². The number of hydrazine groups is 1. The third-order valence-electron chi connectivity index (χ3n) is 3.90. The first-order chi connectivity index (χ1) is 9.65. The third kappa shape index (κ3) is 3.55. The van der Waals surface area contributed by atoms with E-state index in [-0.39, 0.29) is 0 Å². The highest BCUT2D eigenvalue weighted by Gasteiger charge is 2.23. The minimum Gasteiger partial charge on any atom is -0.367 e. The lowest BCUT2D eigenvalue weighted by Crippen LogP contribution is -2.29. The molecule has 1 aliphatic rings. The first kappa shape index (κ1) is 15.4. The van der Waals surface area contributed by atoms with E-state index < -0.39 is 0 Å². The normalized spacial score (nSPS) is 22.9. The Hall–Kier alpha value is -1.01. The number of nitrogen functional groups attached to an aromatic ring is 1. The van der Waals surface area contributed by atoms with Gasteiger partial charge >= 0.3 is 0 Å². The van der Waals surface area contributed by atoms with E-state index >= 15 is 0 Å². The average Bonchev–Trinajstić information content (AvgIpc) is 2.46. The number of nitrogens with two attached hydrogens (primary N) is 1.